The van der Waals surface area contributed by atoms with Gasteiger partial charge in [0.1, 0.15) is 10.8 Å². The van der Waals surface area contributed by atoms with Crippen molar-refractivity contribution in [3.63, 3.8) is 0 Å². The number of benzene rings is 1. The summed E-state index contributed by atoms with van der Waals surface area (Å²) < 4.78 is 24.4. The topological polar surface area (TPSA) is 55.8 Å². The van der Waals surface area contributed by atoms with Gasteiger partial charge in [0.05, 0.1) is 19.6 Å². The summed E-state index contributed by atoms with van der Waals surface area (Å²) >= 11 is 5.90. The van der Waals surface area contributed by atoms with Crippen LogP contribution in [0, 0.1) is 5.82 Å². The standard InChI is InChI=1S/C13H14ClFO4/c1-18-8-6-7(10(15)9(14)11(8)19-2)13(12(16)17)4-3-5-13/h6H,3-5H2,1-2H3,(H,16,17). The van der Waals surface area contributed by atoms with Crippen LogP contribution in [0.3, 0.4) is 0 Å². The molecule has 0 aromatic heterocycles. The van der Waals surface area contributed by atoms with Gasteiger partial charge in [-0.3, -0.25) is 4.79 Å². The lowest BCUT2D eigenvalue weighted by molar-refractivity contribution is -0.147. The largest absolute Gasteiger partial charge is 0.493 e. The zero-order valence-corrected chi connectivity index (χ0v) is 11.4. The van der Waals surface area contributed by atoms with E-state index in [0.29, 0.717) is 12.8 Å². The Hall–Kier alpha value is -1.49. The zero-order valence-electron chi connectivity index (χ0n) is 10.6. The number of aliphatic carboxylic acids is 1. The molecule has 1 aromatic carbocycles. The van der Waals surface area contributed by atoms with Gasteiger partial charge in [-0.1, -0.05) is 18.0 Å². The lowest BCUT2D eigenvalue weighted by atomic mass is 9.64. The number of ether oxygens (including phenoxy) is 2. The molecule has 0 spiro atoms. The summed E-state index contributed by atoms with van der Waals surface area (Å²) in [5.74, 6) is -1.48. The van der Waals surface area contributed by atoms with E-state index < -0.39 is 17.2 Å². The summed E-state index contributed by atoms with van der Waals surface area (Å²) in [6, 6.07) is 1.37. The molecule has 0 atom stereocenters. The van der Waals surface area contributed by atoms with Gasteiger partial charge in [0, 0.05) is 5.56 Å². The van der Waals surface area contributed by atoms with Crippen molar-refractivity contribution in [1.82, 2.24) is 0 Å². The van der Waals surface area contributed by atoms with Gasteiger partial charge in [0.15, 0.2) is 11.5 Å². The lowest BCUT2D eigenvalue weighted by Gasteiger charge is -2.38. The summed E-state index contributed by atoms with van der Waals surface area (Å²) in [5.41, 5.74) is -1.14. The molecule has 1 aliphatic rings. The molecule has 1 saturated carbocycles. The van der Waals surface area contributed by atoms with Gasteiger partial charge in [0.2, 0.25) is 0 Å². The number of carboxylic acids is 1. The third-order valence-corrected chi connectivity index (χ3v) is 4.02. The Labute approximate surface area is 115 Å². The summed E-state index contributed by atoms with van der Waals surface area (Å²) in [5, 5.41) is 9.11. The van der Waals surface area contributed by atoms with Crippen LogP contribution in [0.5, 0.6) is 11.5 Å². The first-order valence-electron chi connectivity index (χ1n) is 5.81. The highest BCUT2D eigenvalue weighted by molar-refractivity contribution is 6.32. The van der Waals surface area contributed by atoms with Crippen LogP contribution in [0.4, 0.5) is 4.39 Å². The van der Waals surface area contributed by atoms with Gasteiger partial charge in [-0.05, 0) is 18.9 Å². The van der Waals surface area contributed by atoms with Crippen LogP contribution in [-0.4, -0.2) is 25.3 Å². The van der Waals surface area contributed by atoms with Gasteiger partial charge in [-0.2, -0.15) is 0 Å². The fourth-order valence-electron chi connectivity index (χ4n) is 2.40. The molecule has 0 amide bonds. The van der Waals surface area contributed by atoms with Crippen LogP contribution in [0.15, 0.2) is 6.07 Å². The van der Waals surface area contributed by atoms with E-state index >= 15 is 0 Å². The molecule has 19 heavy (non-hydrogen) atoms. The first kappa shape index (κ1) is 13.9. The highest BCUT2D eigenvalue weighted by atomic mass is 35.5. The van der Waals surface area contributed by atoms with E-state index in [1.807, 2.05) is 0 Å². The minimum atomic E-state index is -1.20. The number of carbonyl (C=O) groups is 1. The van der Waals surface area contributed by atoms with Gasteiger partial charge < -0.3 is 14.6 Å². The highest BCUT2D eigenvalue weighted by Crippen LogP contribution is 2.49. The van der Waals surface area contributed by atoms with Crippen molar-refractivity contribution in [2.75, 3.05) is 14.2 Å². The number of hydrogen-bond donors (Lipinski definition) is 1. The van der Waals surface area contributed by atoms with Crippen LogP contribution in [0.25, 0.3) is 0 Å². The molecule has 0 radical (unpaired) electrons. The van der Waals surface area contributed by atoms with E-state index in [1.54, 1.807) is 0 Å². The van der Waals surface area contributed by atoms with E-state index in [4.69, 9.17) is 21.1 Å². The van der Waals surface area contributed by atoms with Crippen LogP contribution in [0.2, 0.25) is 5.02 Å². The molecule has 1 N–H and O–H groups in total. The van der Waals surface area contributed by atoms with Crippen LogP contribution >= 0.6 is 11.6 Å². The molecule has 0 bridgehead atoms. The number of halogens is 2. The molecule has 0 saturated heterocycles. The van der Waals surface area contributed by atoms with Crippen molar-refractivity contribution in [2.24, 2.45) is 0 Å². The van der Waals surface area contributed by atoms with Crippen molar-refractivity contribution in [3.05, 3.63) is 22.5 Å². The molecule has 104 valence electrons. The van der Waals surface area contributed by atoms with Gasteiger partial charge in [0.25, 0.3) is 0 Å². The van der Waals surface area contributed by atoms with Crippen molar-refractivity contribution >= 4 is 17.6 Å². The second-order valence-corrected chi connectivity index (χ2v) is 4.91. The molecule has 1 fully saturated rings. The third kappa shape index (κ3) is 1.92. The quantitative estimate of drug-likeness (QED) is 0.925. The zero-order chi connectivity index (χ0) is 14.2. The van der Waals surface area contributed by atoms with E-state index in [0.717, 1.165) is 6.42 Å². The Morgan fingerprint density at radius 2 is 2.05 bits per heavy atom. The number of carboxylic acid groups (broad SMARTS) is 1. The van der Waals surface area contributed by atoms with E-state index in [-0.39, 0.29) is 22.1 Å². The van der Waals surface area contributed by atoms with E-state index in [1.165, 1.54) is 20.3 Å². The summed E-state index contributed by atoms with van der Waals surface area (Å²) in [6.07, 6.45) is 1.54. The van der Waals surface area contributed by atoms with Crippen molar-refractivity contribution in [3.8, 4) is 11.5 Å². The molecule has 1 aliphatic carbocycles. The van der Waals surface area contributed by atoms with E-state index in [9.17, 15) is 14.3 Å². The molecule has 0 unspecified atom stereocenters. The summed E-state index contributed by atoms with van der Waals surface area (Å²) in [6.45, 7) is 0. The Balaban J connectivity index is 2.65. The third-order valence-electron chi connectivity index (χ3n) is 3.68. The van der Waals surface area contributed by atoms with Gasteiger partial charge >= 0.3 is 5.97 Å². The Morgan fingerprint density at radius 3 is 2.42 bits per heavy atom. The maximum absolute atomic E-state index is 14.3. The first-order chi connectivity index (χ1) is 8.97. The molecular weight excluding hydrogens is 275 g/mol. The molecule has 4 nitrogen and oxygen atoms in total. The van der Waals surface area contributed by atoms with Crippen molar-refractivity contribution in [2.45, 2.75) is 24.7 Å². The predicted octanol–water partition coefficient (Wildman–Crippen LogP) is 3.00. The van der Waals surface area contributed by atoms with Crippen LogP contribution in [-0.2, 0) is 10.2 Å². The Kier molecular flexibility index (Phi) is 3.58. The van der Waals surface area contributed by atoms with E-state index in [2.05, 4.69) is 0 Å². The fourth-order valence-corrected chi connectivity index (χ4v) is 2.68. The van der Waals surface area contributed by atoms with Gasteiger partial charge in [-0.25, -0.2) is 4.39 Å². The predicted molar refractivity (Wildman–Crippen MR) is 67.7 cm³/mol. The van der Waals surface area contributed by atoms with Crippen LogP contribution in [0.1, 0.15) is 24.8 Å². The monoisotopic (exact) mass is 288 g/mol. The van der Waals surface area contributed by atoms with Crippen LogP contribution < -0.4 is 9.47 Å². The second kappa shape index (κ2) is 4.89. The number of methoxy groups -OCH3 is 2. The number of hydrogen-bond acceptors (Lipinski definition) is 3. The molecular formula is C13H14ClFO4. The summed E-state index contributed by atoms with van der Waals surface area (Å²) in [7, 11) is 2.74. The molecule has 2 rings (SSSR count). The molecule has 0 heterocycles. The summed E-state index contributed by atoms with van der Waals surface area (Å²) in [4.78, 5) is 11.4. The SMILES string of the molecule is COc1cc(C2(C(=O)O)CCC2)c(F)c(Cl)c1OC. The fraction of sp³-hybridized carbons (Fsp3) is 0.462. The minimum Gasteiger partial charge on any atom is -0.493 e. The maximum Gasteiger partial charge on any atom is 0.314 e. The second-order valence-electron chi connectivity index (χ2n) is 4.53. The van der Waals surface area contributed by atoms with Gasteiger partial charge in [-0.15, -0.1) is 0 Å². The minimum absolute atomic E-state index is 0.0638. The average Bonchev–Trinajstić information content (AvgIpc) is 2.32. The smallest absolute Gasteiger partial charge is 0.314 e. The number of rotatable bonds is 4. The molecule has 0 aliphatic heterocycles. The normalized spacial score (nSPS) is 16.6. The molecule has 1 aromatic rings. The first-order valence-corrected chi connectivity index (χ1v) is 6.19. The molecule has 6 heteroatoms. The highest BCUT2D eigenvalue weighted by Gasteiger charge is 2.48. The van der Waals surface area contributed by atoms with Crippen molar-refractivity contribution < 1.29 is 23.8 Å². The lowest BCUT2D eigenvalue weighted by Crippen LogP contribution is -2.43. The maximum atomic E-state index is 14.3. The Bertz CT molecular complexity index is 526. The van der Waals surface area contributed by atoms with Crippen molar-refractivity contribution in [1.29, 1.82) is 0 Å². The average molecular weight is 289 g/mol. The Morgan fingerprint density at radius 1 is 1.42 bits per heavy atom.